The molecule has 3 rings (SSSR count). The number of hydrogen-bond acceptors (Lipinski definition) is 5. The van der Waals surface area contributed by atoms with Gasteiger partial charge >= 0.3 is 0 Å². The van der Waals surface area contributed by atoms with Gasteiger partial charge in [-0.2, -0.15) is 5.26 Å². The second-order valence-corrected chi connectivity index (χ2v) is 7.51. The first-order valence-corrected chi connectivity index (χ1v) is 8.83. The maximum Gasteiger partial charge on any atom is 0.143 e. The van der Waals surface area contributed by atoms with Crippen LogP contribution in [0.2, 0.25) is 0 Å². The van der Waals surface area contributed by atoms with Crippen molar-refractivity contribution >= 4 is 16.6 Å². The van der Waals surface area contributed by atoms with E-state index in [1.807, 2.05) is 30.3 Å². The number of nitriles is 1. The topological polar surface area (TPSA) is 61.2 Å². The van der Waals surface area contributed by atoms with Crippen LogP contribution in [0.5, 0.6) is 0 Å². The van der Waals surface area contributed by atoms with Gasteiger partial charge in [-0.25, -0.2) is 4.98 Å². The number of fused-ring (bicyclic) bond motifs is 1. The van der Waals surface area contributed by atoms with Crippen LogP contribution in [0.4, 0.5) is 5.69 Å². The molecule has 1 aliphatic heterocycles. The van der Waals surface area contributed by atoms with E-state index >= 15 is 0 Å². The molecule has 2 aromatic rings. The Hall–Kier alpha value is -2.16. The molecule has 0 saturated carbocycles. The van der Waals surface area contributed by atoms with Crippen LogP contribution < -0.4 is 5.32 Å². The van der Waals surface area contributed by atoms with Crippen LogP contribution >= 0.6 is 0 Å². The minimum Gasteiger partial charge on any atom is -0.383 e. The molecule has 0 aliphatic carbocycles. The van der Waals surface area contributed by atoms with Crippen LogP contribution in [0.25, 0.3) is 10.9 Å². The molecule has 1 saturated heterocycles. The fourth-order valence-corrected chi connectivity index (χ4v) is 3.47. The van der Waals surface area contributed by atoms with Crippen molar-refractivity contribution < 1.29 is 4.74 Å². The van der Waals surface area contributed by atoms with E-state index in [1.54, 1.807) is 0 Å². The van der Waals surface area contributed by atoms with Gasteiger partial charge in [-0.1, -0.05) is 18.2 Å². The van der Waals surface area contributed by atoms with E-state index in [0.717, 1.165) is 36.2 Å². The molecule has 1 N–H and O–H groups in total. The molecular weight excluding hydrogens is 312 g/mol. The van der Waals surface area contributed by atoms with E-state index in [1.165, 1.54) is 0 Å². The molecule has 132 valence electrons. The van der Waals surface area contributed by atoms with Gasteiger partial charge in [0.1, 0.15) is 11.8 Å². The lowest BCUT2D eigenvalue weighted by Crippen LogP contribution is -2.57. The highest BCUT2D eigenvalue weighted by molar-refractivity contribution is 5.91. The number of ether oxygens (including phenoxy) is 1. The van der Waals surface area contributed by atoms with Gasteiger partial charge in [0.15, 0.2) is 0 Å². The summed E-state index contributed by atoms with van der Waals surface area (Å²) in [6.45, 7) is 11.4. The van der Waals surface area contributed by atoms with E-state index in [-0.39, 0.29) is 17.7 Å². The number of nitrogens with one attached hydrogen (secondary N) is 1. The van der Waals surface area contributed by atoms with Gasteiger partial charge in [0, 0.05) is 36.2 Å². The van der Waals surface area contributed by atoms with Gasteiger partial charge in [-0.15, -0.1) is 0 Å². The molecule has 1 fully saturated rings. The number of aromatic nitrogens is 1. The molecule has 1 aromatic heterocycles. The van der Waals surface area contributed by atoms with Gasteiger partial charge in [0.2, 0.25) is 0 Å². The number of nitrogens with zero attached hydrogens (tertiary/aromatic N) is 3. The summed E-state index contributed by atoms with van der Waals surface area (Å²) in [5, 5.41) is 13.8. The maximum atomic E-state index is 9.25. The SMILES string of the molecule is CC1CN(C(C)(C)CNc2cc(C#N)nc3ccccc23)CC(C)O1. The first kappa shape index (κ1) is 17.7. The van der Waals surface area contributed by atoms with Crippen molar-refractivity contribution in [2.45, 2.75) is 45.4 Å². The molecule has 0 amide bonds. The van der Waals surface area contributed by atoms with Gasteiger partial charge in [-0.3, -0.25) is 4.90 Å². The maximum absolute atomic E-state index is 9.25. The summed E-state index contributed by atoms with van der Waals surface area (Å²) in [6, 6.07) is 11.9. The number of pyridine rings is 1. The van der Waals surface area contributed by atoms with Gasteiger partial charge < -0.3 is 10.1 Å². The van der Waals surface area contributed by atoms with Crippen LogP contribution in [0, 0.1) is 11.3 Å². The third-order valence-corrected chi connectivity index (χ3v) is 4.82. The Morgan fingerprint density at radius 2 is 1.96 bits per heavy atom. The molecule has 5 heteroatoms. The number of morpholine rings is 1. The molecule has 0 bridgehead atoms. The third-order valence-electron chi connectivity index (χ3n) is 4.82. The Morgan fingerprint density at radius 1 is 1.28 bits per heavy atom. The van der Waals surface area contributed by atoms with E-state index in [4.69, 9.17) is 4.74 Å². The molecule has 2 heterocycles. The lowest BCUT2D eigenvalue weighted by atomic mass is 9.99. The predicted octanol–water partition coefficient (Wildman–Crippen LogP) is 3.41. The van der Waals surface area contributed by atoms with Crippen LogP contribution in [0.3, 0.4) is 0 Å². The smallest absolute Gasteiger partial charge is 0.143 e. The number of hydrogen-bond donors (Lipinski definition) is 1. The summed E-state index contributed by atoms with van der Waals surface area (Å²) in [5.41, 5.74) is 2.22. The Morgan fingerprint density at radius 3 is 2.64 bits per heavy atom. The largest absolute Gasteiger partial charge is 0.383 e. The van der Waals surface area contributed by atoms with Crippen LogP contribution in [0.15, 0.2) is 30.3 Å². The minimum absolute atomic E-state index is 0.0243. The quantitative estimate of drug-likeness (QED) is 0.926. The summed E-state index contributed by atoms with van der Waals surface area (Å²) < 4.78 is 5.86. The lowest BCUT2D eigenvalue weighted by Gasteiger charge is -2.45. The van der Waals surface area contributed by atoms with Crippen molar-refractivity contribution in [2.75, 3.05) is 25.0 Å². The van der Waals surface area contributed by atoms with Crippen molar-refractivity contribution in [2.24, 2.45) is 0 Å². The molecule has 25 heavy (non-hydrogen) atoms. The van der Waals surface area contributed by atoms with Crippen molar-refractivity contribution in [1.29, 1.82) is 5.26 Å². The van der Waals surface area contributed by atoms with Crippen molar-refractivity contribution in [3.8, 4) is 6.07 Å². The molecule has 0 spiro atoms. The highest BCUT2D eigenvalue weighted by Gasteiger charge is 2.33. The number of rotatable bonds is 4. The zero-order chi connectivity index (χ0) is 18.0. The average Bonchev–Trinajstić information content (AvgIpc) is 2.58. The zero-order valence-corrected chi connectivity index (χ0v) is 15.4. The van der Waals surface area contributed by atoms with E-state index in [0.29, 0.717) is 5.69 Å². The highest BCUT2D eigenvalue weighted by atomic mass is 16.5. The van der Waals surface area contributed by atoms with Crippen LogP contribution in [-0.2, 0) is 4.74 Å². The molecule has 0 radical (unpaired) electrons. The number of para-hydroxylation sites is 1. The van der Waals surface area contributed by atoms with Crippen molar-refractivity contribution in [3.05, 3.63) is 36.0 Å². The van der Waals surface area contributed by atoms with Crippen molar-refractivity contribution in [3.63, 3.8) is 0 Å². The fourth-order valence-electron chi connectivity index (χ4n) is 3.47. The minimum atomic E-state index is -0.0243. The molecule has 1 aromatic carbocycles. The third kappa shape index (κ3) is 3.92. The molecule has 1 aliphatic rings. The zero-order valence-electron chi connectivity index (χ0n) is 15.4. The van der Waals surface area contributed by atoms with Gasteiger partial charge in [0.05, 0.1) is 17.7 Å². The average molecular weight is 338 g/mol. The van der Waals surface area contributed by atoms with Crippen molar-refractivity contribution in [1.82, 2.24) is 9.88 Å². The summed E-state index contributed by atoms with van der Waals surface area (Å²) in [4.78, 5) is 6.86. The second-order valence-electron chi connectivity index (χ2n) is 7.51. The Balaban J connectivity index is 1.81. The van der Waals surface area contributed by atoms with E-state index in [2.05, 4.69) is 49.0 Å². The summed E-state index contributed by atoms with van der Waals surface area (Å²) in [6.07, 6.45) is 0.491. The monoisotopic (exact) mass is 338 g/mol. The second kappa shape index (κ2) is 6.99. The number of benzene rings is 1. The lowest BCUT2D eigenvalue weighted by molar-refractivity contribution is -0.0933. The van der Waals surface area contributed by atoms with Gasteiger partial charge in [-0.05, 0) is 39.8 Å². The number of anilines is 1. The first-order valence-electron chi connectivity index (χ1n) is 8.83. The summed E-state index contributed by atoms with van der Waals surface area (Å²) >= 11 is 0. The molecule has 2 atom stereocenters. The molecular formula is C20H26N4O. The van der Waals surface area contributed by atoms with Crippen LogP contribution in [0.1, 0.15) is 33.4 Å². The van der Waals surface area contributed by atoms with Crippen LogP contribution in [-0.4, -0.2) is 47.3 Å². The van der Waals surface area contributed by atoms with E-state index < -0.39 is 0 Å². The summed E-state index contributed by atoms with van der Waals surface area (Å²) in [5.74, 6) is 0. The normalized spacial score (nSPS) is 21.9. The molecule has 2 unspecified atom stereocenters. The Kier molecular flexibility index (Phi) is 4.94. The fraction of sp³-hybridized carbons (Fsp3) is 0.500. The van der Waals surface area contributed by atoms with Gasteiger partial charge in [0.25, 0.3) is 0 Å². The molecule has 5 nitrogen and oxygen atoms in total. The predicted molar refractivity (Wildman–Crippen MR) is 101 cm³/mol. The Labute approximate surface area is 149 Å². The van der Waals surface area contributed by atoms with E-state index in [9.17, 15) is 5.26 Å². The highest BCUT2D eigenvalue weighted by Crippen LogP contribution is 2.26. The summed E-state index contributed by atoms with van der Waals surface area (Å²) in [7, 11) is 0. The standard InChI is InChI=1S/C20H26N4O/c1-14-11-24(12-15(2)25-14)20(3,4)13-22-19-9-16(10-21)23-18-8-6-5-7-17(18)19/h5-9,14-15H,11-13H2,1-4H3,(H,22,23). The first-order chi connectivity index (χ1) is 11.9. The Bertz CT molecular complexity index is 786.